The van der Waals surface area contributed by atoms with E-state index >= 15 is 0 Å². The molecule has 2 saturated heterocycles. The highest BCUT2D eigenvalue weighted by atomic mass is 16.2. The molecule has 25 heavy (non-hydrogen) atoms. The van der Waals surface area contributed by atoms with Gasteiger partial charge in [0, 0.05) is 19.5 Å². The van der Waals surface area contributed by atoms with Gasteiger partial charge in [-0.2, -0.15) is 0 Å². The SMILES string of the molecule is CNC(=O)C1CCN([C@H]2CC(=O)N(CCc3ccccc3)C2=O)CC1. The number of hydrogen-bond donors (Lipinski definition) is 1. The number of benzene rings is 1. The fraction of sp³-hybridized carbons (Fsp3) is 0.526. The highest BCUT2D eigenvalue weighted by Crippen LogP contribution is 2.25. The van der Waals surface area contributed by atoms with E-state index in [1.54, 1.807) is 7.05 Å². The first-order chi connectivity index (χ1) is 12.1. The highest BCUT2D eigenvalue weighted by Gasteiger charge is 2.42. The molecule has 3 rings (SSSR count). The first kappa shape index (κ1) is 17.6. The van der Waals surface area contributed by atoms with E-state index in [1.165, 1.54) is 4.90 Å². The van der Waals surface area contributed by atoms with Crippen LogP contribution < -0.4 is 5.32 Å². The van der Waals surface area contributed by atoms with Gasteiger partial charge < -0.3 is 5.32 Å². The Balaban J connectivity index is 1.55. The molecule has 2 aliphatic rings. The Kier molecular flexibility index (Phi) is 5.48. The van der Waals surface area contributed by atoms with E-state index in [1.807, 2.05) is 30.3 Å². The van der Waals surface area contributed by atoms with Crippen molar-refractivity contribution in [1.82, 2.24) is 15.1 Å². The molecule has 2 fully saturated rings. The van der Waals surface area contributed by atoms with E-state index in [-0.39, 0.29) is 36.1 Å². The molecule has 1 atom stereocenters. The highest BCUT2D eigenvalue weighted by molar-refractivity contribution is 6.05. The zero-order valence-electron chi connectivity index (χ0n) is 14.6. The van der Waals surface area contributed by atoms with Crippen molar-refractivity contribution in [2.75, 3.05) is 26.7 Å². The molecule has 3 amide bonds. The van der Waals surface area contributed by atoms with Gasteiger partial charge in [0.15, 0.2) is 0 Å². The molecule has 1 N–H and O–H groups in total. The monoisotopic (exact) mass is 343 g/mol. The Hall–Kier alpha value is -2.21. The molecular formula is C19H25N3O3. The Morgan fingerprint density at radius 2 is 1.84 bits per heavy atom. The summed E-state index contributed by atoms with van der Waals surface area (Å²) in [5.41, 5.74) is 1.12. The second-order valence-electron chi connectivity index (χ2n) is 6.76. The van der Waals surface area contributed by atoms with Crippen molar-refractivity contribution in [3.63, 3.8) is 0 Å². The number of imide groups is 1. The van der Waals surface area contributed by atoms with Gasteiger partial charge in [0.1, 0.15) is 0 Å². The molecule has 0 bridgehead atoms. The van der Waals surface area contributed by atoms with Crippen LogP contribution in [0.25, 0.3) is 0 Å². The molecule has 1 aromatic carbocycles. The smallest absolute Gasteiger partial charge is 0.247 e. The molecule has 0 spiro atoms. The van der Waals surface area contributed by atoms with Gasteiger partial charge in [-0.05, 0) is 37.9 Å². The van der Waals surface area contributed by atoms with E-state index in [9.17, 15) is 14.4 Å². The zero-order chi connectivity index (χ0) is 17.8. The third-order valence-corrected chi connectivity index (χ3v) is 5.27. The number of carbonyl (C=O) groups excluding carboxylic acids is 3. The molecule has 0 unspecified atom stereocenters. The number of likely N-dealkylation sites (tertiary alicyclic amines) is 2. The molecule has 6 nitrogen and oxygen atoms in total. The Labute approximate surface area is 148 Å². The van der Waals surface area contributed by atoms with Gasteiger partial charge in [0.2, 0.25) is 17.7 Å². The third kappa shape index (κ3) is 3.90. The Morgan fingerprint density at radius 1 is 1.16 bits per heavy atom. The maximum atomic E-state index is 12.7. The summed E-state index contributed by atoms with van der Waals surface area (Å²) in [6, 6.07) is 9.53. The molecule has 2 heterocycles. The second kappa shape index (κ2) is 7.78. The van der Waals surface area contributed by atoms with Crippen molar-refractivity contribution in [2.45, 2.75) is 31.7 Å². The number of rotatable bonds is 5. The van der Waals surface area contributed by atoms with Crippen LogP contribution in [-0.2, 0) is 20.8 Å². The van der Waals surface area contributed by atoms with E-state index in [2.05, 4.69) is 10.2 Å². The van der Waals surface area contributed by atoms with Gasteiger partial charge in [-0.15, -0.1) is 0 Å². The minimum atomic E-state index is -0.353. The van der Waals surface area contributed by atoms with Crippen LogP contribution in [0.2, 0.25) is 0 Å². The van der Waals surface area contributed by atoms with Crippen LogP contribution in [0.5, 0.6) is 0 Å². The number of piperidine rings is 1. The van der Waals surface area contributed by atoms with Crippen molar-refractivity contribution < 1.29 is 14.4 Å². The lowest BCUT2D eigenvalue weighted by Gasteiger charge is -2.34. The average Bonchev–Trinajstić information content (AvgIpc) is 2.94. The lowest BCUT2D eigenvalue weighted by atomic mass is 9.94. The van der Waals surface area contributed by atoms with Crippen molar-refractivity contribution in [3.05, 3.63) is 35.9 Å². The molecular weight excluding hydrogens is 318 g/mol. The van der Waals surface area contributed by atoms with Gasteiger partial charge in [-0.1, -0.05) is 30.3 Å². The maximum Gasteiger partial charge on any atom is 0.247 e. The summed E-state index contributed by atoms with van der Waals surface area (Å²) in [6.07, 6.45) is 2.42. The molecule has 134 valence electrons. The average molecular weight is 343 g/mol. The predicted octanol–water partition coefficient (Wildman–Crippen LogP) is 0.815. The summed E-state index contributed by atoms with van der Waals surface area (Å²) < 4.78 is 0. The Morgan fingerprint density at radius 3 is 2.48 bits per heavy atom. The molecule has 2 aliphatic heterocycles. The van der Waals surface area contributed by atoms with Gasteiger partial charge in [-0.3, -0.25) is 24.2 Å². The van der Waals surface area contributed by atoms with Gasteiger partial charge in [0.25, 0.3) is 0 Å². The molecule has 0 aliphatic carbocycles. The number of amides is 3. The van der Waals surface area contributed by atoms with Gasteiger partial charge >= 0.3 is 0 Å². The lowest BCUT2D eigenvalue weighted by Crippen LogP contribution is -2.47. The zero-order valence-corrected chi connectivity index (χ0v) is 14.6. The van der Waals surface area contributed by atoms with Crippen LogP contribution in [-0.4, -0.2) is 60.2 Å². The van der Waals surface area contributed by atoms with Crippen LogP contribution in [0.1, 0.15) is 24.8 Å². The maximum absolute atomic E-state index is 12.7. The molecule has 0 aromatic heterocycles. The van der Waals surface area contributed by atoms with Gasteiger partial charge in [-0.25, -0.2) is 0 Å². The van der Waals surface area contributed by atoms with Crippen LogP contribution in [0.3, 0.4) is 0 Å². The fourth-order valence-electron chi connectivity index (χ4n) is 3.75. The fourth-order valence-corrected chi connectivity index (χ4v) is 3.75. The number of carbonyl (C=O) groups is 3. The summed E-state index contributed by atoms with van der Waals surface area (Å²) in [6.45, 7) is 1.81. The van der Waals surface area contributed by atoms with Crippen LogP contribution >= 0.6 is 0 Å². The number of nitrogens with one attached hydrogen (secondary N) is 1. The first-order valence-electron chi connectivity index (χ1n) is 8.94. The largest absolute Gasteiger partial charge is 0.359 e. The number of nitrogens with zero attached hydrogens (tertiary/aromatic N) is 2. The topological polar surface area (TPSA) is 69.7 Å². The van der Waals surface area contributed by atoms with Crippen molar-refractivity contribution in [2.24, 2.45) is 5.92 Å². The quantitative estimate of drug-likeness (QED) is 0.804. The van der Waals surface area contributed by atoms with Crippen molar-refractivity contribution in [3.8, 4) is 0 Å². The van der Waals surface area contributed by atoms with Crippen LogP contribution in [0, 0.1) is 5.92 Å². The minimum Gasteiger partial charge on any atom is -0.359 e. The molecule has 0 radical (unpaired) electrons. The van der Waals surface area contributed by atoms with E-state index in [0.717, 1.165) is 18.4 Å². The number of hydrogen-bond acceptors (Lipinski definition) is 4. The van der Waals surface area contributed by atoms with Crippen molar-refractivity contribution in [1.29, 1.82) is 0 Å². The molecule has 1 aromatic rings. The van der Waals surface area contributed by atoms with Crippen LogP contribution in [0.4, 0.5) is 0 Å². The first-order valence-corrected chi connectivity index (χ1v) is 8.94. The summed E-state index contributed by atoms with van der Waals surface area (Å²) in [7, 11) is 1.65. The second-order valence-corrected chi connectivity index (χ2v) is 6.76. The van der Waals surface area contributed by atoms with E-state index < -0.39 is 0 Å². The van der Waals surface area contributed by atoms with Crippen LogP contribution in [0.15, 0.2) is 30.3 Å². The van der Waals surface area contributed by atoms with Crippen molar-refractivity contribution >= 4 is 17.7 Å². The molecule has 6 heteroatoms. The van der Waals surface area contributed by atoms with Gasteiger partial charge in [0.05, 0.1) is 12.5 Å². The summed E-state index contributed by atoms with van der Waals surface area (Å²) in [5, 5.41) is 2.69. The molecule has 0 saturated carbocycles. The minimum absolute atomic E-state index is 0.0163. The van der Waals surface area contributed by atoms with E-state index in [0.29, 0.717) is 26.1 Å². The predicted molar refractivity (Wildman–Crippen MR) is 93.6 cm³/mol. The third-order valence-electron chi connectivity index (χ3n) is 5.27. The van der Waals surface area contributed by atoms with E-state index in [4.69, 9.17) is 0 Å². The lowest BCUT2D eigenvalue weighted by molar-refractivity contribution is -0.139. The normalized spacial score (nSPS) is 22.4. The summed E-state index contributed by atoms with van der Waals surface area (Å²) in [4.78, 5) is 40.2. The Bertz CT molecular complexity index is 639. The standard InChI is InChI=1S/C19H25N3O3/c1-20-18(24)15-8-10-21(11-9-15)16-13-17(23)22(19(16)25)12-7-14-5-3-2-4-6-14/h2-6,15-16H,7-13H2,1H3,(H,20,24)/t16-/m0/s1. The summed E-state index contributed by atoms with van der Waals surface area (Å²) in [5.74, 6) is -0.0840. The summed E-state index contributed by atoms with van der Waals surface area (Å²) >= 11 is 0.